The summed E-state index contributed by atoms with van der Waals surface area (Å²) in [5.74, 6) is 1.49. The highest BCUT2D eigenvalue weighted by molar-refractivity contribution is 7.98. The highest BCUT2D eigenvalue weighted by Gasteiger charge is 2.16. The van der Waals surface area contributed by atoms with E-state index in [1.165, 1.54) is 16.7 Å². The van der Waals surface area contributed by atoms with E-state index in [1.807, 2.05) is 68.6 Å². The molecule has 0 unspecified atom stereocenters. The Morgan fingerprint density at radius 2 is 1.83 bits per heavy atom. The van der Waals surface area contributed by atoms with Crippen LogP contribution in [0, 0.1) is 0 Å². The molecule has 0 saturated carbocycles. The third kappa shape index (κ3) is 4.09. The second-order valence-electron chi connectivity index (χ2n) is 6.71. The molecule has 0 radical (unpaired) electrons. The van der Waals surface area contributed by atoms with Crippen LogP contribution in [0.4, 0.5) is 0 Å². The minimum atomic E-state index is -0.0341. The van der Waals surface area contributed by atoms with Gasteiger partial charge in [0.15, 0.2) is 5.16 Å². The summed E-state index contributed by atoms with van der Waals surface area (Å²) in [5.41, 5.74) is 1.57. The number of rotatable bonds is 6. The lowest BCUT2D eigenvalue weighted by Crippen LogP contribution is -2.25. The lowest BCUT2D eigenvalue weighted by atomic mass is 10.2. The topological polar surface area (TPSA) is 73.8 Å². The molecule has 29 heavy (non-hydrogen) atoms. The van der Waals surface area contributed by atoms with Crippen molar-refractivity contribution in [3.8, 4) is 11.4 Å². The molecule has 0 aliphatic carbocycles. The van der Waals surface area contributed by atoms with Gasteiger partial charge in [-0.15, -0.1) is 11.8 Å². The lowest BCUT2D eigenvalue weighted by Gasteiger charge is -2.15. The van der Waals surface area contributed by atoms with Crippen LogP contribution in [0.3, 0.4) is 0 Å². The van der Waals surface area contributed by atoms with Gasteiger partial charge in [0.1, 0.15) is 0 Å². The largest absolute Gasteiger partial charge is 0.338 e. The monoisotopic (exact) mass is 424 g/mol. The fourth-order valence-corrected chi connectivity index (χ4v) is 4.35. The lowest BCUT2D eigenvalue weighted by molar-refractivity contribution is 0.391. The van der Waals surface area contributed by atoms with Crippen molar-refractivity contribution in [3.63, 3.8) is 0 Å². The third-order valence-corrected chi connectivity index (χ3v) is 6.11. The summed E-state index contributed by atoms with van der Waals surface area (Å²) in [6.45, 7) is 3.95. The average molecular weight is 425 g/mol. The molecule has 0 saturated heterocycles. The maximum Gasteiger partial charge on any atom is 0.262 e. The van der Waals surface area contributed by atoms with Crippen molar-refractivity contribution >= 4 is 34.4 Å². The Morgan fingerprint density at radius 1 is 1.07 bits per heavy atom. The summed E-state index contributed by atoms with van der Waals surface area (Å²) >= 11 is 3.11. The molecule has 4 aromatic rings. The number of fused-ring (bicyclic) bond motifs is 1. The molecule has 8 heteroatoms. The number of thioether (sulfide) groups is 2. The zero-order chi connectivity index (χ0) is 20.4. The first-order chi connectivity index (χ1) is 14.1. The maximum atomic E-state index is 12.9. The normalized spacial score (nSPS) is 11.4. The Morgan fingerprint density at radius 3 is 2.55 bits per heavy atom. The van der Waals surface area contributed by atoms with Crippen molar-refractivity contribution in [2.75, 3.05) is 6.26 Å². The van der Waals surface area contributed by atoms with Gasteiger partial charge in [0.2, 0.25) is 11.7 Å². The fraction of sp³-hybridized carbons (Fsp3) is 0.238. The minimum Gasteiger partial charge on any atom is -0.338 e. The van der Waals surface area contributed by atoms with Gasteiger partial charge in [-0.25, -0.2) is 4.98 Å². The van der Waals surface area contributed by atoms with E-state index in [4.69, 9.17) is 9.51 Å². The molecule has 0 amide bonds. The zero-order valence-corrected chi connectivity index (χ0v) is 18.0. The number of nitrogens with zero attached hydrogens (tertiary/aromatic N) is 4. The summed E-state index contributed by atoms with van der Waals surface area (Å²) in [5, 5.41) is 5.35. The smallest absolute Gasteiger partial charge is 0.262 e. The van der Waals surface area contributed by atoms with Gasteiger partial charge in [0, 0.05) is 16.5 Å². The SMILES string of the molecule is CSc1ccc(-c2noc(CSc3nc4ccccc4c(=O)n3C(C)C)n2)cc1. The molecule has 0 aliphatic rings. The van der Waals surface area contributed by atoms with Crippen LogP contribution in [0.5, 0.6) is 0 Å². The van der Waals surface area contributed by atoms with Gasteiger partial charge in [-0.2, -0.15) is 4.98 Å². The quantitative estimate of drug-likeness (QED) is 0.317. The van der Waals surface area contributed by atoms with Crippen molar-refractivity contribution in [3.05, 3.63) is 64.8 Å². The number of benzene rings is 2. The zero-order valence-electron chi connectivity index (χ0n) is 16.3. The van der Waals surface area contributed by atoms with Gasteiger partial charge in [-0.1, -0.05) is 29.1 Å². The Labute approximate surface area is 176 Å². The van der Waals surface area contributed by atoms with Gasteiger partial charge in [0.05, 0.1) is 16.7 Å². The van der Waals surface area contributed by atoms with Gasteiger partial charge in [-0.05, 0) is 56.5 Å². The first-order valence-corrected chi connectivity index (χ1v) is 11.4. The fourth-order valence-electron chi connectivity index (χ4n) is 2.98. The second-order valence-corrected chi connectivity index (χ2v) is 8.53. The molecule has 2 heterocycles. The number of para-hydroxylation sites is 1. The van der Waals surface area contributed by atoms with Crippen LogP contribution < -0.4 is 5.56 Å². The predicted molar refractivity (Wildman–Crippen MR) is 117 cm³/mol. The standard InChI is InChI=1S/C21H20N4O2S2/c1-13(2)25-20(26)16-6-4-5-7-17(16)22-21(25)29-12-18-23-19(24-27-18)14-8-10-15(28-3)11-9-14/h4-11,13H,12H2,1-3H3. The van der Waals surface area contributed by atoms with E-state index in [2.05, 4.69) is 10.1 Å². The van der Waals surface area contributed by atoms with E-state index in [9.17, 15) is 4.79 Å². The molecule has 4 rings (SSSR count). The minimum absolute atomic E-state index is 0.00435. The van der Waals surface area contributed by atoms with E-state index in [1.54, 1.807) is 16.3 Å². The van der Waals surface area contributed by atoms with Crippen LogP contribution >= 0.6 is 23.5 Å². The Hall–Kier alpha value is -2.58. The molecule has 6 nitrogen and oxygen atoms in total. The van der Waals surface area contributed by atoms with Crippen LogP contribution in [-0.4, -0.2) is 25.9 Å². The van der Waals surface area contributed by atoms with Crippen LogP contribution in [0.25, 0.3) is 22.3 Å². The predicted octanol–water partition coefficient (Wildman–Crippen LogP) is 5.04. The maximum absolute atomic E-state index is 12.9. The molecular weight excluding hydrogens is 404 g/mol. The van der Waals surface area contributed by atoms with Gasteiger partial charge >= 0.3 is 0 Å². The molecule has 2 aromatic carbocycles. The van der Waals surface area contributed by atoms with E-state index < -0.39 is 0 Å². The number of hydrogen-bond acceptors (Lipinski definition) is 7. The highest BCUT2D eigenvalue weighted by Crippen LogP contribution is 2.26. The Kier molecular flexibility index (Phi) is 5.73. The van der Waals surface area contributed by atoms with E-state index >= 15 is 0 Å². The van der Waals surface area contributed by atoms with E-state index in [0.29, 0.717) is 33.5 Å². The molecule has 148 valence electrons. The van der Waals surface area contributed by atoms with Crippen molar-refractivity contribution in [2.24, 2.45) is 0 Å². The molecule has 0 bridgehead atoms. The van der Waals surface area contributed by atoms with Crippen molar-refractivity contribution in [2.45, 2.75) is 35.7 Å². The Bertz CT molecular complexity index is 1200. The number of hydrogen-bond donors (Lipinski definition) is 0. The van der Waals surface area contributed by atoms with Crippen molar-refractivity contribution in [1.82, 2.24) is 19.7 Å². The molecule has 0 atom stereocenters. The highest BCUT2D eigenvalue weighted by atomic mass is 32.2. The summed E-state index contributed by atoms with van der Waals surface area (Å²) in [6, 6.07) is 15.4. The molecule has 0 N–H and O–H groups in total. The number of aromatic nitrogens is 4. The molecular formula is C21H20N4O2S2. The van der Waals surface area contributed by atoms with Gasteiger partial charge < -0.3 is 4.52 Å². The van der Waals surface area contributed by atoms with Gasteiger partial charge in [-0.3, -0.25) is 9.36 Å². The van der Waals surface area contributed by atoms with E-state index in [-0.39, 0.29) is 11.6 Å². The summed E-state index contributed by atoms with van der Waals surface area (Å²) in [4.78, 5) is 23.3. The summed E-state index contributed by atoms with van der Waals surface area (Å²) in [7, 11) is 0. The van der Waals surface area contributed by atoms with E-state index in [0.717, 1.165) is 5.56 Å². The Balaban J connectivity index is 1.59. The van der Waals surface area contributed by atoms with Gasteiger partial charge in [0.25, 0.3) is 5.56 Å². The second kappa shape index (κ2) is 8.42. The van der Waals surface area contributed by atoms with Crippen LogP contribution in [0.2, 0.25) is 0 Å². The molecule has 0 fully saturated rings. The van der Waals surface area contributed by atoms with Crippen LogP contribution in [0.1, 0.15) is 25.8 Å². The molecule has 0 aliphatic heterocycles. The molecule has 2 aromatic heterocycles. The first kappa shape index (κ1) is 19.7. The summed E-state index contributed by atoms with van der Waals surface area (Å²) < 4.78 is 7.13. The summed E-state index contributed by atoms with van der Waals surface area (Å²) in [6.07, 6.45) is 2.04. The molecule has 0 spiro atoms. The third-order valence-electron chi connectivity index (χ3n) is 4.43. The van der Waals surface area contributed by atoms with Crippen molar-refractivity contribution in [1.29, 1.82) is 0 Å². The van der Waals surface area contributed by atoms with Crippen LogP contribution in [0.15, 0.2) is 67.9 Å². The average Bonchev–Trinajstić information content (AvgIpc) is 3.21. The first-order valence-electron chi connectivity index (χ1n) is 9.18. The van der Waals surface area contributed by atoms with Crippen molar-refractivity contribution < 1.29 is 4.52 Å². The van der Waals surface area contributed by atoms with Crippen LogP contribution in [-0.2, 0) is 5.75 Å².